The highest BCUT2D eigenvalue weighted by Gasteiger charge is 2.22. The lowest BCUT2D eigenvalue weighted by Crippen LogP contribution is -2.17. The summed E-state index contributed by atoms with van der Waals surface area (Å²) in [6.07, 6.45) is 5.54. The van der Waals surface area contributed by atoms with Crippen LogP contribution in [0.3, 0.4) is 0 Å². The van der Waals surface area contributed by atoms with Crippen molar-refractivity contribution < 1.29 is 14.6 Å². The molecular weight excluding hydrogens is 192 g/mol. The van der Waals surface area contributed by atoms with Gasteiger partial charge in [0.05, 0.1) is 6.61 Å². The Morgan fingerprint density at radius 2 is 1.67 bits per heavy atom. The Labute approximate surface area is 92.8 Å². The lowest BCUT2D eigenvalue weighted by atomic mass is 9.76. The van der Waals surface area contributed by atoms with E-state index in [0.717, 1.165) is 12.8 Å². The number of unbranched alkanes of at least 4 members (excludes halogenated alkanes) is 1. The van der Waals surface area contributed by atoms with Gasteiger partial charge in [0.15, 0.2) is 0 Å². The highest BCUT2D eigenvalue weighted by molar-refractivity contribution is 5.56. The van der Waals surface area contributed by atoms with E-state index in [9.17, 15) is 4.79 Å². The summed E-state index contributed by atoms with van der Waals surface area (Å²) in [4.78, 5) is 10.1. The maximum atomic E-state index is 10.1. The van der Waals surface area contributed by atoms with E-state index in [2.05, 4.69) is 25.5 Å². The van der Waals surface area contributed by atoms with E-state index in [1.54, 1.807) is 0 Å². The lowest BCUT2D eigenvalue weighted by Gasteiger charge is -2.30. The largest absolute Gasteiger partial charge is 0.505 e. The summed E-state index contributed by atoms with van der Waals surface area (Å²) in [6, 6.07) is 0. The van der Waals surface area contributed by atoms with Gasteiger partial charge in [-0.1, -0.05) is 40.0 Å². The first kappa shape index (κ1) is 14.3. The van der Waals surface area contributed by atoms with Crippen molar-refractivity contribution >= 4 is 6.16 Å². The molecule has 0 rings (SSSR count). The van der Waals surface area contributed by atoms with E-state index >= 15 is 0 Å². The molecule has 0 aliphatic rings. The van der Waals surface area contributed by atoms with Gasteiger partial charge in [-0.25, -0.2) is 4.79 Å². The first-order valence-electron chi connectivity index (χ1n) is 5.96. The summed E-state index contributed by atoms with van der Waals surface area (Å²) in [7, 11) is 0. The predicted molar refractivity (Wildman–Crippen MR) is 61.1 cm³/mol. The topological polar surface area (TPSA) is 46.5 Å². The van der Waals surface area contributed by atoms with Gasteiger partial charge in [0.25, 0.3) is 0 Å². The SMILES string of the molecule is CCC(CC)(CC)CCCCOC(=O)O. The molecule has 1 N–H and O–H groups in total. The second-order valence-electron chi connectivity index (χ2n) is 4.13. The number of carbonyl (C=O) groups is 1. The van der Waals surface area contributed by atoms with E-state index < -0.39 is 6.16 Å². The fourth-order valence-corrected chi connectivity index (χ4v) is 2.04. The third-order valence-corrected chi connectivity index (χ3v) is 3.58. The van der Waals surface area contributed by atoms with Gasteiger partial charge in [0.1, 0.15) is 0 Å². The van der Waals surface area contributed by atoms with E-state index in [0.29, 0.717) is 12.0 Å². The van der Waals surface area contributed by atoms with Crippen molar-refractivity contribution in [2.75, 3.05) is 6.61 Å². The molecule has 90 valence electrons. The quantitative estimate of drug-likeness (QED) is 0.491. The minimum Gasteiger partial charge on any atom is -0.450 e. The molecule has 0 aromatic carbocycles. The predicted octanol–water partition coefficient (Wildman–Crippen LogP) is 4.07. The van der Waals surface area contributed by atoms with Gasteiger partial charge in [-0.05, 0) is 24.7 Å². The third-order valence-electron chi connectivity index (χ3n) is 3.58. The molecule has 0 radical (unpaired) electrons. The molecular formula is C12H24O3. The van der Waals surface area contributed by atoms with Gasteiger partial charge in [-0.2, -0.15) is 0 Å². The maximum Gasteiger partial charge on any atom is 0.505 e. The maximum absolute atomic E-state index is 10.1. The van der Waals surface area contributed by atoms with Crippen LogP contribution in [-0.2, 0) is 4.74 Å². The molecule has 0 aliphatic carbocycles. The second kappa shape index (κ2) is 7.55. The van der Waals surface area contributed by atoms with Crippen molar-refractivity contribution in [3.63, 3.8) is 0 Å². The van der Waals surface area contributed by atoms with Crippen molar-refractivity contribution in [1.82, 2.24) is 0 Å². The van der Waals surface area contributed by atoms with Crippen molar-refractivity contribution in [3.8, 4) is 0 Å². The molecule has 0 unspecified atom stereocenters. The van der Waals surface area contributed by atoms with Crippen molar-refractivity contribution in [3.05, 3.63) is 0 Å². The van der Waals surface area contributed by atoms with Crippen LogP contribution in [0.2, 0.25) is 0 Å². The summed E-state index contributed by atoms with van der Waals surface area (Å²) in [6.45, 7) is 7.05. The molecule has 0 heterocycles. The molecule has 3 heteroatoms. The Kier molecular flexibility index (Phi) is 7.18. The van der Waals surface area contributed by atoms with E-state index in [4.69, 9.17) is 5.11 Å². The van der Waals surface area contributed by atoms with Gasteiger partial charge < -0.3 is 9.84 Å². The van der Waals surface area contributed by atoms with Crippen LogP contribution in [0.4, 0.5) is 4.79 Å². The standard InChI is InChI=1S/C12H24O3/c1-4-12(5-2,6-3)9-7-8-10-15-11(13)14/h4-10H2,1-3H3,(H,13,14). The molecule has 0 spiro atoms. The minimum atomic E-state index is -1.16. The number of ether oxygens (including phenoxy) is 1. The van der Waals surface area contributed by atoms with Crippen LogP contribution in [0.15, 0.2) is 0 Å². The van der Waals surface area contributed by atoms with Crippen LogP contribution in [0.1, 0.15) is 59.3 Å². The van der Waals surface area contributed by atoms with Crippen molar-refractivity contribution in [1.29, 1.82) is 0 Å². The fourth-order valence-electron chi connectivity index (χ4n) is 2.04. The van der Waals surface area contributed by atoms with E-state index in [1.807, 2.05) is 0 Å². The third kappa shape index (κ3) is 5.65. The van der Waals surface area contributed by atoms with Crippen molar-refractivity contribution in [2.24, 2.45) is 5.41 Å². The van der Waals surface area contributed by atoms with Gasteiger partial charge in [-0.3, -0.25) is 0 Å². The monoisotopic (exact) mass is 216 g/mol. The Morgan fingerprint density at radius 3 is 2.07 bits per heavy atom. The van der Waals surface area contributed by atoms with Crippen molar-refractivity contribution in [2.45, 2.75) is 59.3 Å². The highest BCUT2D eigenvalue weighted by Crippen LogP contribution is 2.35. The number of hydrogen-bond donors (Lipinski definition) is 1. The molecule has 0 aromatic rings. The second-order valence-corrected chi connectivity index (χ2v) is 4.13. The zero-order chi connectivity index (χ0) is 11.7. The van der Waals surface area contributed by atoms with Gasteiger partial charge in [0.2, 0.25) is 0 Å². The highest BCUT2D eigenvalue weighted by atomic mass is 16.7. The Morgan fingerprint density at radius 1 is 1.13 bits per heavy atom. The van der Waals surface area contributed by atoms with Crippen LogP contribution in [0.5, 0.6) is 0 Å². The number of hydrogen-bond acceptors (Lipinski definition) is 2. The first-order chi connectivity index (χ1) is 7.10. The molecule has 0 amide bonds. The number of rotatable bonds is 8. The fraction of sp³-hybridized carbons (Fsp3) is 0.917. The van der Waals surface area contributed by atoms with Crippen LogP contribution in [-0.4, -0.2) is 17.9 Å². The summed E-state index contributed by atoms with van der Waals surface area (Å²) in [5, 5.41) is 8.29. The molecule has 0 bridgehead atoms. The molecule has 0 fully saturated rings. The zero-order valence-electron chi connectivity index (χ0n) is 10.2. The average Bonchev–Trinajstić information content (AvgIpc) is 2.24. The van der Waals surface area contributed by atoms with Gasteiger partial charge in [0, 0.05) is 0 Å². The molecule has 0 atom stereocenters. The minimum absolute atomic E-state index is 0.336. The van der Waals surface area contributed by atoms with E-state index in [1.165, 1.54) is 25.7 Å². The summed E-state index contributed by atoms with van der Waals surface area (Å²) < 4.78 is 4.47. The Hall–Kier alpha value is -0.730. The Balaban J connectivity index is 3.67. The molecule has 0 saturated carbocycles. The smallest absolute Gasteiger partial charge is 0.450 e. The van der Waals surface area contributed by atoms with Crippen LogP contribution in [0, 0.1) is 5.41 Å². The first-order valence-corrected chi connectivity index (χ1v) is 5.96. The number of carboxylic acid groups (broad SMARTS) is 1. The summed E-state index contributed by atoms with van der Waals surface area (Å²) in [5.41, 5.74) is 0.462. The summed E-state index contributed by atoms with van der Waals surface area (Å²) in [5.74, 6) is 0. The molecule has 0 aliphatic heterocycles. The molecule has 15 heavy (non-hydrogen) atoms. The van der Waals surface area contributed by atoms with E-state index in [-0.39, 0.29) is 0 Å². The normalized spacial score (nSPS) is 11.4. The summed E-state index contributed by atoms with van der Waals surface area (Å²) >= 11 is 0. The van der Waals surface area contributed by atoms with Crippen LogP contribution >= 0.6 is 0 Å². The molecule has 3 nitrogen and oxygen atoms in total. The Bertz CT molecular complexity index is 165. The lowest BCUT2D eigenvalue weighted by molar-refractivity contribution is 0.0883. The molecule has 0 saturated heterocycles. The van der Waals surface area contributed by atoms with Gasteiger partial charge >= 0.3 is 6.16 Å². The average molecular weight is 216 g/mol. The van der Waals surface area contributed by atoms with Gasteiger partial charge in [-0.15, -0.1) is 0 Å². The van der Waals surface area contributed by atoms with Crippen LogP contribution in [0.25, 0.3) is 0 Å². The zero-order valence-corrected chi connectivity index (χ0v) is 10.2. The molecule has 0 aromatic heterocycles. The van der Waals surface area contributed by atoms with Crippen LogP contribution < -0.4 is 0 Å².